The van der Waals surface area contributed by atoms with Crippen LogP contribution in [0.4, 0.5) is 0 Å². The molecule has 2 heteroatoms. The zero-order chi connectivity index (χ0) is 21.4. The summed E-state index contributed by atoms with van der Waals surface area (Å²) in [6.45, 7) is 36.7. The van der Waals surface area contributed by atoms with E-state index in [4.69, 9.17) is 0 Å². The van der Waals surface area contributed by atoms with Gasteiger partial charge in [0.25, 0.3) is 0 Å². The first-order chi connectivity index (χ1) is 11.8. The summed E-state index contributed by atoms with van der Waals surface area (Å²) < 4.78 is 0. The van der Waals surface area contributed by atoms with Crippen molar-refractivity contribution >= 4 is 7.92 Å². The molecule has 27 heavy (non-hydrogen) atoms. The van der Waals surface area contributed by atoms with E-state index in [0.717, 1.165) is 0 Å². The van der Waals surface area contributed by atoms with Crippen LogP contribution < -0.4 is 0 Å². The fourth-order valence-corrected chi connectivity index (χ4v) is 2.81. The molecule has 0 saturated heterocycles. The van der Waals surface area contributed by atoms with Crippen molar-refractivity contribution in [3.63, 3.8) is 0 Å². The van der Waals surface area contributed by atoms with Gasteiger partial charge in [-0.25, -0.2) is 0 Å². The monoisotopic (exact) mass is 420 g/mol. The molecule has 2 aliphatic carbocycles. The van der Waals surface area contributed by atoms with E-state index in [2.05, 4.69) is 102 Å². The minimum atomic E-state index is 0. The summed E-state index contributed by atoms with van der Waals surface area (Å²) in [7, 11) is 0.380. The minimum Gasteiger partial charge on any atom is -0.116 e. The molecular formula is C25H41PTi. The first kappa shape index (κ1) is 32.5. The summed E-state index contributed by atoms with van der Waals surface area (Å²) in [5.41, 5.74) is 0. The average Bonchev–Trinajstić information content (AvgIpc) is 2.87. The van der Waals surface area contributed by atoms with E-state index in [1.165, 1.54) is 59.2 Å². The molecule has 2 fully saturated rings. The summed E-state index contributed by atoms with van der Waals surface area (Å²) in [4.78, 5) is 0. The standard InChI is InChI=1S/2C10H15.C3H9P.C2H2.Ti/c2*1-6-7(2)9(4)10(5)8(6)3;1-4(2)3;1-2;/h2*1-5H3;1-3H3;1-2H;. The van der Waals surface area contributed by atoms with Gasteiger partial charge in [-0.1, -0.05) is 82.4 Å². The van der Waals surface area contributed by atoms with Crippen molar-refractivity contribution in [3.8, 4) is 0 Å². The van der Waals surface area contributed by atoms with E-state index in [-0.39, 0.29) is 21.7 Å². The summed E-state index contributed by atoms with van der Waals surface area (Å²) in [6.07, 6.45) is 0. The smallest absolute Gasteiger partial charge is 0 e. The van der Waals surface area contributed by atoms with Crippen molar-refractivity contribution in [2.45, 2.75) is 69.2 Å². The molecule has 0 aliphatic heterocycles. The molecule has 0 unspecified atom stereocenters. The predicted molar refractivity (Wildman–Crippen MR) is 122 cm³/mol. The second kappa shape index (κ2) is 15.7. The van der Waals surface area contributed by atoms with Crippen LogP contribution in [0.15, 0.2) is 0 Å². The van der Waals surface area contributed by atoms with Crippen molar-refractivity contribution in [1.82, 2.24) is 0 Å². The normalized spacial score (nSPS) is 22.6. The van der Waals surface area contributed by atoms with Gasteiger partial charge in [0.05, 0.1) is 0 Å². The second-order valence-corrected chi connectivity index (χ2v) is 10.3. The van der Waals surface area contributed by atoms with E-state index in [1.54, 1.807) is 0 Å². The Morgan fingerprint density at radius 2 is 0.407 bits per heavy atom. The third-order valence-corrected chi connectivity index (χ3v) is 5.62. The van der Waals surface area contributed by atoms with Crippen LogP contribution in [0.5, 0.6) is 0 Å². The van der Waals surface area contributed by atoms with E-state index >= 15 is 0 Å². The van der Waals surface area contributed by atoms with E-state index < -0.39 is 0 Å². The van der Waals surface area contributed by atoms with Crippen LogP contribution >= 0.6 is 7.92 Å². The van der Waals surface area contributed by atoms with Crippen LogP contribution in [0.3, 0.4) is 0 Å². The molecule has 2 saturated carbocycles. The van der Waals surface area contributed by atoms with E-state index in [0.29, 0.717) is 7.92 Å². The topological polar surface area (TPSA) is 0 Å². The van der Waals surface area contributed by atoms with Crippen molar-refractivity contribution in [2.75, 3.05) is 20.0 Å². The third-order valence-electron chi connectivity index (χ3n) is 5.62. The predicted octanol–water partition coefficient (Wildman–Crippen LogP) is 7.71. The van der Waals surface area contributed by atoms with Gasteiger partial charge in [-0.2, -0.15) is 0 Å². The van der Waals surface area contributed by atoms with Gasteiger partial charge in [0, 0.05) is 21.7 Å². The molecular weight excluding hydrogens is 379 g/mol. The van der Waals surface area contributed by atoms with Gasteiger partial charge in [0.15, 0.2) is 0 Å². The Hall–Kier alpha value is 0.884. The van der Waals surface area contributed by atoms with Crippen LogP contribution in [0.2, 0.25) is 0 Å². The Morgan fingerprint density at radius 1 is 0.370 bits per heavy atom. The molecule has 0 heterocycles. The van der Waals surface area contributed by atoms with Crippen LogP contribution in [0.25, 0.3) is 0 Å². The third kappa shape index (κ3) is 9.96. The molecule has 0 N–H and O–H groups in total. The van der Waals surface area contributed by atoms with Gasteiger partial charge in [-0.3, -0.25) is 0 Å². The molecule has 0 aromatic carbocycles. The number of rotatable bonds is 0. The molecule has 2 aliphatic rings. The number of hydrogen-bond acceptors (Lipinski definition) is 0. The van der Waals surface area contributed by atoms with Gasteiger partial charge in [-0.15, -0.1) is 7.92 Å². The van der Waals surface area contributed by atoms with Gasteiger partial charge >= 0.3 is 0 Å². The Bertz CT molecular complexity index is 234. The first-order valence-electron chi connectivity index (χ1n) is 9.17. The maximum absolute atomic E-state index is 4.00. The Balaban J connectivity index is -0.000000323. The zero-order valence-corrected chi connectivity index (χ0v) is 22.6. The molecule has 0 spiro atoms. The van der Waals surface area contributed by atoms with Gasteiger partial charge < -0.3 is 0 Å². The largest absolute Gasteiger partial charge is 0.116 e. The molecule has 0 amide bonds. The molecule has 2 rings (SSSR count). The summed E-state index contributed by atoms with van der Waals surface area (Å²) in [5, 5.41) is 0. The van der Waals surface area contributed by atoms with Gasteiger partial charge in [0.1, 0.15) is 0 Å². The quantitative estimate of drug-likeness (QED) is 0.278. The van der Waals surface area contributed by atoms with Gasteiger partial charge in [0.2, 0.25) is 0 Å². The van der Waals surface area contributed by atoms with Crippen molar-refractivity contribution in [3.05, 3.63) is 72.3 Å². The van der Waals surface area contributed by atoms with Crippen LogP contribution in [-0.2, 0) is 21.7 Å². The second-order valence-electron chi connectivity index (χ2n) is 7.59. The van der Waals surface area contributed by atoms with E-state index in [1.807, 2.05) is 0 Å². The van der Waals surface area contributed by atoms with Crippen LogP contribution in [0, 0.1) is 72.3 Å². The Morgan fingerprint density at radius 3 is 0.444 bits per heavy atom. The molecule has 0 aromatic rings. The Labute approximate surface area is 190 Å². The van der Waals surface area contributed by atoms with E-state index in [9.17, 15) is 0 Å². The SMILES string of the molecule is CP(C)C.C[C]1[C](C)[C](C)[C](C)[C]1C.C[C]1[C](C)[C](C)[C](C)[C]1C.[CH]=[CH].[Ti]. The Kier molecular flexibility index (Phi) is 18.9. The minimum absolute atomic E-state index is 0. The first-order valence-corrected chi connectivity index (χ1v) is 11.9. The zero-order valence-electron chi connectivity index (χ0n) is 20.1. The van der Waals surface area contributed by atoms with Crippen molar-refractivity contribution < 1.29 is 21.7 Å². The average molecular weight is 420 g/mol. The van der Waals surface area contributed by atoms with Crippen molar-refractivity contribution in [2.24, 2.45) is 0 Å². The summed E-state index contributed by atoms with van der Waals surface area (Å²) >= 11 is 0. The maximum Gasteiger partial charge on any atom is 0 e. The molecule has 0 nitrogen and oxygen atoms in total. The maximum atomic E-state index is 4.00. The van der Waals surface area contributed by atoms with Gasteiger partial charge in [-0.05, 0) is 79.2 Å². The number of hydrogen-bond donors (Lipinski definition) is 0. The fraction of sp³-hybridized carbons (Fsp3) is 0.520. The molecule has 150 valence electrons. The van der Waals surface area contributed by atoms with Crippen LogP contribution in [-0.4, -0.2) is 20.0 Å². The fourth-order valence-electron chi connectivity index (χ4n) is 2.81. The summed E-state index contributed by atoms with van der Waals surface area (Å²) in [5.74, 6) is 14.7. The molecule has 0 atom stereocenters. The molecule has 12 radical (unpaired) electrons. The summed E-state index contributed by atoms with van der Waals surface area (Å²) in [6, 6.07) is 0. The molecule has 0 aromatic heterocycles. The van der Waals surface area contributed by atoms with Crippen LogP contribution in [0.1, 0.15) is 69.2 Å². The van der Waals surface area contributed by atoms with Crippen molar-refractivity contribution in [1.29, 1.82) is 0 Å². The molecule has 0 bridgehead atoms.